The van der Waals surface area contributed by atoms with Crippen LogP contribution >= 0.6 is 11.6 Å². The number of ether oxygens (including phenoxy) is 1. The average molecular weight is 274 g/mol. The number of rotatable bonds is 7. The minimum Gasteiger partial charge on any atom is -0.489 e. The van der Waals surface area contributed by atoms with Gasteiger partial charge in [0.05, 0.1) is 5.02 Å². The maximum atomic E-state index is 13.3. The van der Waals surface area contributed by atoms with Crippen molar-refractivity contribution in [2.75, 3.05) is 13.1 Å². The van der Waals surface area contributed by atoms with Gasteiger partial charge in [0, 0.05) is 12.6 Å². The molecule has 1 rings (SSSR count). The molecule has 0 spiro atoms. The van der Waals surface area contributed by atoms with Gasteiger partial charge in [-0.05, 0) is 31.0 Å². The fourth-order valence-electron chi connectivity index (χ4n) is 1.54. The van der Waals surface area contributed by atoms with E-state index in [1.807, 2.05) is 6.92 Å². The van der Waals surface area contributed by atoms with Crippen LogP contribution in [0.4, 0.5) is 4.39 Å². The lowest BCUT2D eigenvalue weighted by molar-refractivity contribution is 0.191. The average Bonchev–Trinajstić information content (AvgIpc) is 2.32. The maximum absolute atomic E-state index is 13.3. The highest BCUT2D eigenvalue weighted by Crippen LogP contribution is 2.21. The Balaban J connectivity index is 2.49. The zero-order valence-corrected chi connectivity index (χ0v) is 11.9. The zero-order valence-electron chi connectivity index (χ0n) is 11.2. The molecule has 0 fully saturated rings. The van der Waals surface area contributed by atoms with Gasteiger partial charge in [0.15, 0.2) is 0 Å². The highest BCUT2D eigenvalue weighted by atomic mass is 35.5. The fraction of sp³-hybridized carbons (Fsp3) is 0.571. The first-order chi connectivity index (χ1) is 8.52. The quantitative estimate of drug-likeness (QED) is 0.814. The maximum Gasteiger partial charge on any atom is 0.145 e. The third-order valence-electron chi connectivity index (χ3n) is 2.57. The molecule has 0 saturated heterocycles. The molecule has 0 radical (unpaired) electrons. The minimum atomic E-state index is -0.445. The van der Waals surface area contributed by atoms with Gasteiger partial charge in [-0.25, -0.2) is 4.39 Å². The summed E-state index contributed by atoms with van der Waals surface area (Å²) in [6, 6.07) is 4.53. The van der Waals surface area contributed by atoms with Crippen molar-refractivity contribution >= 4 is 11.6 Å². The molecular weight excluding hydrogens is 253 g/mol. The van der Waals surface area contributed by atoms with E-state index in [0.29, 0.717) is 11.7 Å². The van der Waals surface area contributed by atoms with E-state index >= 15 is 0 Å². The molecule has 0 bridgehead atoms. The van der Waals surface area contributed by atoms with Crippen LogP contribution in [0.25, 0.3) is 0 Å². The SMILES string of the molecule is CCC(CNCC(C)C)Oc1ccc(Cl)c(F)c1. The lowest BCUT2D eigenvalue weighted by atomic mass is 10.2. The Hall–Kier alpha value is -0.800. The highest BCUT2D eigenvalue weighted by Gasteiger charge is 2.09. The summed E-state index contributed by atoms with van der Waals surface area (Å²) < 4.78 is 19.0. The van der Waals surface area contributed by atoms with Gasteiger partial charge in [-0.3, -0.25) is 0 Å². The Morgan fingerprint density at radius 3 is 2.61 bits per heavy atom. The van der Waals surface area contributed by atoms with Gasteiger partial charge in [0.2, 0.25) is 0 Å². The molecule has 0 aliphatic heterocycles. The molecule has 1 aromatic carbocycles. The summed E-state index contributed by atoms with van der Waals surface area (Å²) >= 11 is 5.63. The van der Waals surface area contributed by atoms with E-state index in [0.717, 1.165) is 19.5 Å². The van der Waals surface area contributed by atoms with Crippen LogP contribution in [0.3, 0.4) is 0 Å². The monoisotopic (exact) mass is 273 g/mol. The molecule has 1 atom stereocenters. The van der Waals surface area contributed by atoms with Gasteiger partial charge < -0.3 is 10.1 Å². The number of benzene rings is 1. The molecule has 2 nitrogen and oxygen atoms in total. The lowest BCUT2D eigenvalue weighted by Gasteiger charge is -2.19. The van der Waals surface area contributed by atoms with Crippen LogP contribution in [0.5, 0.6) is 5.75 Å². The third kappa shape index (κ3) is 5.23. The molecule has 0 amide bonds. The van der Waals surface area contributed by atoms with Gasteiger partial charge in [-0.1, -0.05) is 32.4 Å². The van der Waals surface area contributed by atoms with Crippen molar-refractivity contribution in [3.63, 3.8) is 0 Å². The Morgan fingerprint density at radius 2 is 2.06 bits per heavy atom. The van der Waals surface area contributed by atoms with Crippen LogP contribution in [0.15, 0.2) is 18.2 Å². The summed E-state index contributed by atoms with van der Waals surface area (Å²) in [5.41, 5.74) is 0. The summed E-state index contributed by atoms with van der Waals surface area (Å²) in [7, 11) is 0. The first kappa shape index (κ1) is 15.3. The van der Waals surface area contributed by atoms with Crippen molar-refractivity contribution < 1.29 is 9.13 Å². The van der Waals surface area contributed by atoms with Crippen molar-refractivity contribution in [1.29, 1.82) is 0 Å². The number of nitrogens with one attached hydrogen (secondary N) is 1. The second-order valence-corrected chi connectivity index (χ2v) is 5.18. The number of hydrogen-bond donors (Lipinski definition) is 1. The summed E-state index contributed by atoms with van der Waals surface area (Å²) in [5, 5.41) is 3.46. The van der Waals surface area contributed by atoms with Crippen molar-refractivity contribution in [3.8, 4) is 5.75 Å². The molecule has 1 aromatic rings. The second kappa shape index (κ2) is 7.59. The molecule has 0 heterocycles. The molecule has 0 saturated carbocycles. The molecule has 18 heavy (non-hydrogen) atoms. The lowest BCUT2D eigenvalue weighted by Crippen LogP contribution is -2.33. The van der Waals surface area contributed by atoms with E-state index in [1.165, 1.54) is 12.1 Å². The van der Waals surface area contributed by atoms with Gasteiger partial charge in [-0.2, -0.15) is 0 Å². The first-order valence-electron chi connectivity index (χ1n) is 6.35. The normalized spacial score (nSPS) is 12.8. The summed E-state index contributed by atoms with van der Waals surface area (Å²) in [5.74, 6) is 0.685. The molecule has 1 unspecified atom stereocenters. The van der Waals surface area contributed by atoms with Crippen LogP contribution < -0.4 is 10.1 Å². The third-order valence-corrected chi connectivity index (χ3v) is 2.88. The van der Waals surface area contributed by atoms with E-state index < -0.39 is 5.82 Å². The Bertz CT molecular complexity index is 371. The highest BCUT2D eigenvalue weighted by molar-refractivity contribution is 6.30. The zero-order chi connectivity index (χ0) is 13.5. The molecule has 0 aliphatic rings. The van der Waals surface area contributed by atoms with Gasteiger partial charge >= 0.3 is 0 Å². The largest absolute Gasteiger partial charge is 0.489 e. The molecule has 102 valence electrons. The van der Waals surface area contributed by atoms with Crippen LogP contribution in [0.1, 0.15) is 27.2 Å². The van der Waals surface area contributed by atoms with Crippen LogP contribution in [0.2, 0.25) is 5.02 Å². The van der Waals surface area contributed by atoms with Crippen molar-refractivity contribution in [3.05, 3.63) is 29.0 Å². The van der Waals surface area contributed by atoms with E-state index in [-0.39, 0.29) is 11.1 Å². The number of halogens is 2. The first-order valence-corrected chi connectivity index (χ1v) is 6.73. The van der Waals surface area contributed by atoms with Crippen LogP contribution in [-0.2, 0) is 0 Å². The van der Waals surface area contributed by atoms with Gasteiger partial charge in [0.1, 0.15) is 17.7 Å². The summed E-state index contributed by atoms with van der Waals surface area (Å²) in [6.45, 7) is 8.08. The van der Waals surface area contributed by atoms with Crippen molar-refractivity contribution in [1.82, 2.24) is 5.32 Å². The minimum absolute atomic E-state index is 0.0457. The van der Waals surface area contributed by atoms with Crippen LogP contribution in [0, 0.1) is 11.7 Å². The fourth-order valence-corrected chi connectivity index (χ4v) is 1.66. The summed E-state index contributed by atoms with van der Waals surface area (Å²) in [6.07, 6.45) is 0.916. The topological polar surface area (TPSA) is 21.3 Å². The Morgan fingerprint density at radius 1 is 1.33 bits per heavy atom. The molecule has 1 N–H and O–H groups in total. The smallest absolute Gasteiger partial charge is 0.145 e. The second-order valence-electron chi connectivity index (χ2n) is 4.78. The Kier molecular flexibility index (Phi) is 6.44. The van der Waals surface area contributed by atoms with Crippen molar-refractivity contribution in [2.24, 2.45) is 5.92 Å². The number of hydrogen-bond acceptors (Lipinski definition) is 2. The molecular formula is C14H21ClFNO. The summed E-state index contributed by atoms with van der Waals surface area (Å²) in [4.78, 5) is 0. The predicted molar refractivity (Wildman–Crippen MR) is 73.8 cm³/mol. The molecule has 0 aromatic heterocycles. The molecule has 4 heteroatoms. The van der Waals surface area contributed by atoms with E-state index in [1.54, 1.807) is 6.07 Å². The van der Waals surface area contributed by atoms with E-state index in [2.05, 4.69) is 19.2 Å². The standard InChI is InChI=1S/C14H21ClFNO/c1-4-11(9-17-8-10(2)3)18-12-5-6-13(15)14(16)7-12/h5-7,10-11,17H,4,8-9H2,1-3H3. The van der Waals surface area contributed by atoms with E-state index in [9.17, 15) is 4.39 Å². The predicted octanol–water partition coefficient (Wildman–Crippen LogP) is 3.88. The van der Waals surface area contributed by atoms with Crippen LogP contribution in [-0.4, -0.2) is 19.2 Å². The van der Waals surface area contributed by atoms with Gasteiger partial charge in [0.25, 0.3) is 0 Å². The van der Waals surface area contributed by atoms with Gasteiger partial charge in [-0.15, -0.1) is 0 Å². The Labute approximate surface area is 113 Å². The molecule has 0 aliphatic carbocycles. The van der Waals surface area contributed by atoms with E-state index in [4.69, 9.17) is 16.3 Å². The van der Waals surface area contributed by atoms with Crippen molar-refractivity contribution in [2.45, 2.75) is 33.3 Å².